The molecule has 1 amide bonds. The quantitative estimate of drug-likeness (QED) is 0.345. The molecule has 3 N–H and O–H groups in total. The number of nitrogens with zero attached hydrogens (tertiary/aromatic N) is 3. The summed E-state index contributed by atoms with van der Waals surface area (Å²) in [6, 6.07) is 7.52. The second-order valence-corrected chi connectivity index (χ2v) is 11.1. The third-order valence-corrected chi connectivity index (χ3v) is 7.10. The number of nitrogen functional groups attached to an aromatic ring is 1. The molecule has 31 heavy (non-hydrogen) atoms. The molecule has 1 atom stereocenters. The third kappa shape index (κ3) is 6.51. The minimum absolute atomic E-state index is 0.130. The molecule has 10 heteroatoms. The molecule has 0 bridgehead atoms. The van der Waals surface area contributed by atoms with Gasteiger partial charge in [-0.3, -0.25) is 4.79 Å². The molecule has 0 spiro atoms. The van der Waals surface area contributed by atoms with E-state index in [-0.39, 0.29) is 5.91 Å². The Morgan fingerprint density at radius 2 is 1.90 bits per heavy atom. The van der Waals surface area contributed by atoms with E-state index < -0.39 is 9.96 Å². The second-order valence-electron chi connectivity index (χ2n) is 8.34. The maximum atomic E-state index is 12.8. The van der Waals surface area contributed by atoms with Crippen LogP contribution in [0.5, 0.6) is 0 Å². The van der Waals surface area contributed by atoms with Gasteiger partial charge in [0.15, 0.2) is 11.3 Å². The average molecular weight is 507 g/mol. The Morgan fingerprint density at radius 1 is 1.23 bits per heavy atom. The van der Waals surface area contributed by atoms with Crippen molar-refractivity contribution in [2.45, 2.75) is 42.1 Å². The van der Waals surface area contributed by atoms with Gasteiger partial charge in [0.05, 0.1) is 11.4 Å². The number of likely N-dealkylation sites (tertiary alicyclic amines) is 1. The molecule has 0 saturated carbocycles. The molecule has 0 aromatic heterocycles. The van der Waals surface area contributed by atoms with E-state index in [0.717, 1.165) is 44.5 Å². The highest BCUT2D eigenvalue weighted by atomic mass is 35.6. The van der Waals surface area contributed by atoms with E-state index in [1.54, 1.807) is 4.90 Å². The molecule has 2 aliphatic rings. The number of piperidine rings is 1. The molecule has 1 aromatic carbocycles. The number of rotatable bonds is 6. The van der Waals surface area contributed by atoms with Gasteiger partial charge in [0.25, 0.3) is 0 Å². The van der Waals surface area contributed by atoms with Crippen molar-refractivity contribution in [2.24, 2.45) is 5.92 Å². The minimum Gasteiger partial charge on any atom is -0.397 e. The molecule has 2 aliphatic heterocycles. The zero-order chi connectivity index (χ0) is 22.6. The van der Waals surface area contributed by atoms with Crippen LogP contribution in [0.1, 0.15) is 32.1 Å². The van der Waals surface area contributed by atoms with Gasteiger partial charge in [-0.1, -0.05) is 46.9 Å². The largest absolute Gasteiger partial charge is 0.397 e. The highest BCUT2D eigenvalue weighted by Gasteiger charge is 2.42. The topological polar surface area (TPSA) is 64.8 Å². The summed E-state index contributed by atoms with van der Waals surface area (Å²) >= 11 is 24.6. The van der Waals surface area contributed by atoms with Crippen LogP contribution in [0.2, 0.25) is 0 Å². The number of carbonyl (C=O) groups is 1. The van der Waals surface area contributed by atoms with Crippen molar-refractivity contribution in [3.63, 3.8) is 0 Å². The van der Waals surface area contributed by atoms with E-state index in [2.05, 4.69) is 17.3 Å². The van der Waals surface area contributed by atoms with Crippen LogP contribution in [0.4, 0.5) is 11.4 Å². The SMILES string of the molecule is CN1CCC(CCC(=O)NC(N2CCCN(c3ccccc3N)C2=S)C(Cl)(Cl)Cl)CC1. The summed E-state index contributed by atoms with van der Waals surface area (Å²) in [5.41, 5.74) is 7.59. The lowest BCUT2D eigenvalue weighted by Crippen LogP contribution is -2.62. The number of hydrogen-bond donors (Lipinski definition) is 2. The van der Waals surface area contributed by atoms with Gasteiger partial charge in [-0.05, 0) is 76.1 Å². The van der Waals surface area contributed by atoms with Gasteiger partial charge in [0, 0.05) is 19.5 Å². The zero-order valence-corrected chi connectivity index (χ0v) is 20.8. The number of halogens is 3. The van der Waals surface area contributed by atoms with Gasteiger partial charge in [-0.2, -0.15) is 0 Å². The van der Waals surface area contributed by atoms with E-state index in [0.29, 0.717) is 36.2 Å². The summed E-state index contributed by atoms with van der Waals surface area (Å²) in [6.45, 7) is 3.43. The molecule has 1 unspecified atom stereocenters. The van der Waals surface area contributed by atoms with Crippen molar-refractivity contribution >= 4 is 69.4 Å². The highest BCUT2D eigenvalue weighted by molar-refractivity contribution is 7.80. The fourth-order valence-corrected chi connectivity index (χ4v) is 5.09. The first kappa shape index (κ1) is 24.6. The molecule has 6 nitrogen and oxygen atoms in total. The highest BCUT2D eigenvalue weighted by Crippen LogP contribution is 2.35. The third-order valence-electron chi connectivity index (χ3n) is 6.02. The molecule has 1 aromatic rings. The van der Waals surface area contributed by atoms with Gasteiger partial charge in [-0.25, -0.2) is 0 Å². The molecule has 2 saturated heterocycles. The number of nitrogens with one attached hydrogen (secondary N) is 1. The molecule has 2 heterocycles. The first-order valence-corrected chi connectivity index (χ1v) is 12.2. The zero-order valence-electron chi connectivity index (χ0n) is 17.7. The Kier molecular flexibility index (Phi) is 8.55. The van der Waals surface area contributed by atoms with Gasteiger partial charge in [-0.15, -0.1) is 0 Å². The predicted molar refractivity (Wildman–Crippen MR) is 134 cm³/mol. The maximum absolute atomic E-state index is 12.8. The first-order valence-electron chi connectivity index (χ1n) is 10.6. The second kappa shape index (κ2) is 10.8. The number of amides is 1. The van der Waals surface area contributed by atoms with Crippen LogP contribution in [-0.2, 0) is 4.79 Å². The van der Waals surface area contributed by atoms with Crippen LogP contribution in [0.25, 0.3) is 0 Å². The molecule has 0 radical (unpaired) electrons. The van der Waals surface area contributed by atoms with E-state index in [1.807, 2.05) is 29.2 Å². The van der Waals surface area contributed by atoms with Crippen molar-refractivity contribution in [1.29, 1.82) is 0 Å². The Labute approximate surface area is 204 Å². The van der Waals surface area contributed by atoms with Crippen LogP contribution in [0.3, 0.4) is 0 Å². The monoisotopic (exact) mass is 505 g/mol. The van der Waals surface area contributed by atoms with Crippen molar-refractivity contribution in [3.05, 3.63) is 24.3 Å². The molecular formula is C21H30Cl3N5OS. The summed E-state index contributed by atoms with van der Waals surface area (Å²) in [5, 5.41) is 3.41. The maximum Gasteiger partial charge on any atom is 0.228 e. The van der Waals surface area contributed by atoms with Crippen LogP contribution < -0.4 is 16.0 Å². The predicted octanol–water partition coefficient (Wildman–Crippen LogP) is 4.00. The summed E-state index contributed by atoms with van der Waals surface area (Å²) in [6.07, 6.45) is 3.40. The van der Waals surface area contributed by atoms with Crippen LogP contribution in [0, 0.1) is 5.92 Å². The van der Waals surface area contributed by atoms with Gasteiger partial charge in [0.1, 0.15) is 0 Å². The van der Waals surface area contributed by atoms with E-state index >= 15 is 0 Å². The number of anilines is 2. The number of para-hydroxylation sites is 2. The van der Waals surface area contributed by atoms with Crippen molar-refractivity contribution in [2.75, 3.05) is 43.9 Å². The fraction of sp³-hybridized carbons (Fsp3) is 0.619. The van der Waals surface area contributed by atoms with Crippen molar-refractivity contribution in [3.8, 4) is 0 Å². The van der Waals surface area contributed by atoms with E-state index in [1.165, 1.54) is 0 Å². The smallest absolute Gasteiger partial charge is 0.228 e. The minimum atomic E-state index is -1.74. The Morgan fingerprint density at radius 3 is 2.55 bits per heavy atom. The molecule has 3 rings (SSSR count). The number of alkyl halides is 3. The Bertz CT molecular complexity index is 783. The van der Waals surface area contributed by atoms with Gasteiger partial charge in [0.2, 0.25) is 9.70 Å². The number of thiocarbonyl (C=S) groups is 1. The first-order chi connectivity index (χ1) is 14.7. The normalized spacial score (nSPS) is 20.1. The van der Waals surface area contributed by atoms with Crippen molar-refractivity contribution < 1.29 is 4.79 Å². The lowest BCUT2D eigenvalue weighted by Gasteiger charge is -2.45. The van der Waals surface area contributed by atoms with Gasteiger partial charge < -0.3 is 25.8 Å². The summed E-state index contributed by atoms with van der Waals surface area (Å²) in [5.74, 6) is 0.426. The fourth-order valence-electron chi connectivity index (χ4n) is 4.19. The van der Waals surface area contributed by atoms with Gasteiger partial charge >= 0.3 is 0 Å². The summed E-state index contributed by atoms with van der Waals surface area (Å²) in [4.78, 5) is 18.8. The molecule has 2 fully saturated rings. The van der Waals surface area contributed by atoms with Crippen LogP contribution in [-0.4, -0.2) is 64.0 Å². The van der Waals surface area contributed by atoms with Crippen LogP contribution in [0.15, 0.2) is 24.3 Å². The van der Waals surface area contributed by atoms with Crippen LogP contribution >= 0.6 is 47.0 Å². The number of nitrogens with two attached hydrogens (primary N) is 1. The average Bonchev–Trinajstić information content (AvgIpc) is 2.72. The molecule has 0 aliphatic carbocycles. The lowest BCUT2D eigenvalue weighted by atomic mass is 9.92. The Hall–Kier alpha value is -0.990. The number of benzene rings is 1. The number of hydrogen-bond acceptors (Lipinski definition) is 4. The Balaban J connectivity index is 1.66. The van der Waals surface area contributed by atoms with E-state index in [4.69, 9.17) is 52.8 Å². The summed E-state index contributed by atoms with van der Waals surface area (Å²) < 4.78 is -1.74. The molecular weight excluding hydrogens is 477 g/mol. The lowest BCUT2D eigenvalue weighted by molar-refractivity contribution is -0.123. The molecule has 172 valence electrons. The summed E-state index contributed by atoms with van der Waals surface area (Å²) in [7, 11) is 2.13. The van der Waals surface area contributed by atoms with E-state index in [9.17, 15) is 4.79 Å². The number of carbonyl (C=O) groups excluding carboxylic acids is 1. The standard InChI is InChI=1S/C21H30Cl3N5OS/c1-27-13-9-15(10-14-27)7-8-18(30)26-19(21(22,23)24)29-12-4-11-28(20(29)31)17-6-3-2-5-16(17)25/h2-3,5-6,15,19H,4,7-14,25H2,1H3,(H,26,30). The van der Waals surface area contributed by atoms with Crippen molar-refractivity contribution in [1.82, 2.24) is 15.1 Å².